The minimum absolute atomic E-state index is 0.0751. The van der Waals surface area contributed by atoms with E-state index >= 15 is 0 Å². The fraction of sp³-hybridized carbons (Fsp3) is 0.227. The van der Waals surface area contributed by atoms with E-state index in [1.165, 1.54) is 0 Å². The molecule has 0 saturated heterocycles. The number of aromatic nitrogens is 3. The molecule has 3 aromatic heterocycles. The van der Waals surface area contributed by atoms with E-state index in [-0.39, 0.29) is 5.91 Å². The Balaban J connectivity index is 1.51. The fourth-order valence-electron chi connectivity index (χ4n) is 3.28. The van der Waals surface area contributed by atoms with Crippen molar-refractivity contribution in [2.75, 3.05) is 13.6 Å². The number of hydrogen-bond acceptors (Lipinski definition) is 5. The van der Waals surface area contributed by atoms with E-state index in [4.69, 9.17) is 0 Å². The second kappa shape index (κ2) is 8.98. The average Bonchev–Trinajstić information content (AvgIpc) is 3.39. The third-order valence-corrected chi connectivity index (χ3v) is 5.41. The lowest BCUT2D eigenvalue weighted by molar-refractivity contribution is 0.0778. The first-order valence-electron chi connectivity index (χ1n) is 9.55. The Bertz CT molecular complexity index is 1080. The lowest BCUT2D eigenvalue weighted by Gasteiger charge is -2.17. The number of carbonyl (C=O) groups is 1. The number of hydrogen-bond donors (Lipinski definition) is 1. The summed E-state index contributed by atoms with van der Waals surface area (Å²) in [5, 5.41) is 5.49. The van der Waals surface area contributed by atoms with Gasteiger partial charge in [-0.3, -0.25) is 4.79 Å². The van der Waals surface area contributed by atoms with E-state index in [9.17, 15) is 4.79 Å². The number of nitrogens with zero attached hydrogens (tertiary/aromatic N) is 4. The summed E-state index contributed by atoms with van der Waals surface area (Å²) >= 11 is 1.60. The zero-order valence-corrected chi connectivity index (χ0v) is 17.1. The molecule has 29 heavy (non-hydrogen) atoms. The van der Waals surface area contributed by atoms with Gasteiger partial charge in [0.1, 0.15) is 5.65 Å². The predicted molar refractivity (Wildman–Crippen MR) is 115 cm³/mol. The Morgan fingerprint density at radius 2 is 2.00 bits per heavy atom. The van der Waals surface area contributed by atoms with Crippen LogP contribution in [0.5, 0.6) is 0 Å². The number of amides is 1. The summed E-state index contributed by atoms with van der Waals surface area (Å²) in [5.74, 6) is -0.0751. The molecule has 148 valence electrons. The van der Waals surface area contributed by atoms with Crippen molar-refractivity contribution in [2.24, 2.45) is 0 Å². The van der Waals surface area contributed by atoms with Crippen LogP contribution in [0.3, 0.4) is 0 Å². The van der Waals surface area contributed by atoms with Gasteiger partial charge in [-0.1, -0.05) is 36.4 Å². The van der Waals surface area contributed by atoms with Crippen molar-refractivity contribution in [3.8, 4) is 0 Å². The maximum absolute atomic E-state index is 13.2. The minimum atomic E-state index is -0.0751. The molecule has 0 atom stereocenters. The summed E-state index contributed by atoms with van der Waals surface area (Å²) < 4.78 is 1.99. The predicted octanol–water partition coefficient (Wildman–Crippen LogP) is 3.40. The van der Waals surface area contributed by atoms with Gasteiger partial charge in [-0.05, 0) is 17.7 Å². The zero-order chi connectivity index (χ0) is 20.1. The first-order chi connectivity index (χ1) is 14.2. The van der Waals surface area contributed by atoms with Crippen LogP contribution in [0.15, 0.2) is 65.6 Å². The number of carbonyl (C=O) groups excluding carboxylic acids is 1. The summed E-state index contributed by atoms with van der Waals surface area (Å²) in [6, 6.07) is 15.8. The van der Waals surface area contributed by atoms with E-state index in [0.29, 0.717) is 18.8 Å². The molecule has 0 bridgehead atoms. The Kier molecular flexibility index (Phi) is 5.97. The van der Waals surface area contributed by atoms with E-state index in [1.54, 1.807) is 16.2 Å². The minimum Gasteiger partial charge on any atom is -0.336 e. The first kappa shape index (κ1) is 19.3. The van der Waals surface area contributed by atoms with Gasteiger partial charge in [-0.25, -0.2) is 9.97 Å². The standard InChI is InChI=1S/C22H23N5OS/c1-26(14-17-7-3-2-4-8-17)22(28)21-19(27-12-6-5-9-20(27)25-21)13-23-11-10-18-15-29-16-24-18/h2-9,12,15-16,23H,10-11,13-14H2,1H3. The second-order valence-corrected chi connectivity index (χ2v) is 7.61. The maximum atomic E-state index is 13.2. The summed E-state index contributed by atoms with van der Waals surface area (Å²) in [4.78, 5) is 23.8. The van der Waals surface area contributed by atoms with Crippen LogP contribution in [0.1, 0.15) is 27.4 Å². The summed E-state index contributed by atoms with van der Waals surface area (Å²) in [6.45, 7) is 1.90. The van der Waals surface area contributed by atoms with E-state index in [2.05, 4.69) is 20.7 Å². The number of nitrogens with one attached hydrogen (secondary N) is 1. The summed E-state index contributed by atoms with van der Waals surface area (Å²) in [7, 11) is 1.82. The lowest BCUT2D eigenvalue weighted by atomic mass is 10.2. The SMILES string of the molecule is CN(Cc1ccccc1)C(=O)c1nc2ccccn2c1CNCCc1cscn1. The van der Waals surface area contributed by atoms with Gasteiger partial charge >= 0.3 is 0 Å². The largest absolute Gasteiger partial charge is 0.336 e. The maximum Gasteiger partial charge on any atom is 0.274 e. The molecule has 0 saturated carbocycles. The normalized spacial score (nSPS) is 11.1. The van der Waals surface area contributed by atoms with Crippen molar-refractivity contribution in [1.29, 1.82) is 0 Å². The number of imidazole rings is 1. The fourth-order valence-corrected chi connectivity index (χ4v) is 3.87. The molecule has 7 heteroatoms. The molecule has 0 aliphatic heterocycles. The van der Waals surface area contributed by atoms with E-state index in [1.807, 2.05) is 71.7 Å². The summed E-state index contributed by atoms with van der Waals surface area (Å²) in [5.41, 5.74) is 6.17. The number of pyridine rings is 1. The Hall–Kier alpha value is -3.03. The van der Waals surface area contributed by atoms with Crippen LogP contribution >= 0.6 is 11.3 Å². The van der Waals surface area contributed by atoms with Crippen LogP contribution in [0, 0.1) is 0 Å². The monoisotopic (exact) mass is 405 g/mol. The molecule has 1 N–H and O–H groups in total. The molecular weight excluding hydrogens is 382 g/mol. The molecule has 0 unspecified atom stereocenters. The quantitative estimate of drug-likeness (QED) is 0.457. The molecular formula is C22H23N5OS. The van der Waals surface area contributed by atoms with Crippen molar-refractivity contribution in [3.05, 3.63) is 88.3 Å². The van der Waals surface area contributed by atoms with Gasteiger partial charge in [0, 0.05) is 44.7 Å². The molecule has 4 aromatic rings. The van der Waals surface area contributed by atoms with E-state index < -0.39 is 0 Å². The first-order valence-corrected chi connectivity index (χ1v) is 10.5. The molecule has 3 heterocycles. The van der Waals surface area contributed by atoms with Crippen molar-refractivity contribution in [3.63, 3.8) is 0 Å². The van der Waals surface area contributed by atoms with Gasteiger partial charge in [0.05, 0.1) is 16.9 Å². The zero-order valence-electron chi connectivity index (χ0n) is 16.3. The molecule has 0 radical (unpaired) electrons. The van der Waals surface area contributed by atoms with Crippen molar-refractivity contribution in [2.45, 2.75) is 19.5 Å². The molecule has 4 rings (SSSR count). The van der Waals surface area contributed by atoms with Crippen molar-refractivity contribution < 1.29 is 4.79 Å². The van der Waals surface area contributed by atoms with Crippen LogP contribution in [-0.2, 0) is 19.5 Å². The van der Waals surface area contributed by atoms with Gasteiger partial charge in [-0.2, -0.15) is 0 Å². The van der Waals surface area contributed by atoms with Gasteiger partial charge in [0.15, 0.2) is 5.69 Å². The smallest absolute Gasteiger partial charge is 0.274 e. The van der Waals surface area contributed by atoms with Crippen LogP contribution in [0.2, 0.25) is 0 Å². The number of fused-ring (bicyclic) bond motifs is 1. The number of rotatable bonds is 8. The lowest BCUT2D eigenvalue weighted by Crippen LogP contribution is -2.28. The Morgan fingerprint density at radius 3 is 2.79 bits per heavy atom. The van der Waals surface area contributed by atoms with Gasteiger partial charge < -0.3 is 14.6 Å². The van der Waals surface area contributed by atoms with Gasteiger partial charge in [-0.15, -0.1) is 11.3 Å². The second-order valence-electron chi connectivity index (χ2n) is 6.89. The molecule has 0 spiro atoms. The summed E-state index contributed by atoms with van der Waals surface area (Å²) in [6.07, 6.45) is 2.81. The highest BCUT2D eigenvalue weighted by Gasteiger charge is 2.21. The Labute approximate surface area is 173 Å². The molecule has 1 amide bonds. The molecule has 1 aromatic carbocycles. The number of thiazole rings is 1. The highest BCUT2D eigenvalue weighted by atomic mass is 32.1. The van der Waals surface area contributed by atoms with Crippen LogP contribution in [-0.4, -0.2) is 38.8 Å². The third kappa shape index (κ3) is 4.52. The van der Waals surface area contributed by atoms with Crippen LogP contribution in [0.25, 0.3) is 5.65 Å². The molecule has 6 nitrogen and oxygen atoms in total. The Morgan fingerprint density at radius 1 is 1.17 bits per heavy atom. The third-order valence-electron chi connectivity index (χ3n) is 4.77. The highest BCUT2D eigenvalue weighted by molar-refractivity contribution is 7.07. The van der Waals surface area contributed by atoms with Crippen molar-refractivity contribution >= 4 is 22.9 Å². The molecule has 0 fully saturated rings. The van der Waals surface area contributed by atoms with Crippen LogP contribution < -0.4 is 5.32 Å². The van der Waals surface area contributed by atoms with Crippen LogP contribution in [0.4, 0.5) is 0 Å². The van der Waals surface area contributed by atoms with E-state index in [0.717, 1.165) is 35.6 Å². The highest BCUT2D eigenvalue weighted by Crippen LogP contribution is 2.16. The molecule has 0 aliphatic rings. The van der Waals surface area contributed by atoms with Crippen molar-refractivity contribution in [1.82, 2.24) is 24.6 Å². The number of benzene rings is 1. The topological polar surface area (TPSA) is 62.5 Å². The molecule has 0 aliphatic carbocycles. The average molecular weight is 406 g/mol. The van der Waals surface area contributed by atoms with Gasteiger partial charge in [0.25, 0.3) is 5.91 Å². The van der Waals surface area contributed by atoms with Gasteiger partial charge in [0.2, 0.25) is 0 Å².